The zero-order valence-electron chi connectivity index (χ0n) is 27.9. The highest BCUT2D eigenvalue weighted by molar-refractivity contribution is 5.67. The van der Waals surface area contributed by atoms with E-state index in [-0.39, 0.29) is 19.3 Å². The maximum absolute atomic E-state index is 11.1. The van der Waals surface area contributed by atoms with E-state index >= 15 is 0 Å². The molecule has 0 aromatic heterocycles. The Hall–Kier alpha value is -1.89. The first-order valence-electron chi connectivity index (χ1n) is 18.0. The SMILES string of the molecule is CCCCCCCCCCCCCCCCCCC/C=C/CCC[N+](CCCC(=O)O)(CCCC(=O)O)CCCC(=O)O. The number of aliphatic carboxylic acids is 3. The molecule has 7 nitrogen and oxygen atoms in total. The highest BCUT2D eigenvalue weighted by Gasteiger charge is 2.27. The Labute approximate surface area is 264 Å². The van der Waals surface area contributed by atoms with Crippen molar-refractivity contribution in [2.45, 2.75) is 174 Å². The zero-order chi connectivity index (χ0) is 31.9. The van der Waals surface area contributed by atoms with Gasteiger partial charge in [0, 0.05) is 25.7 Å². The van der Waals surface area contributed by atoms with Crippen molar-refractivity contribution < 1.29 is 34.2 Å². The van der Waals surface area contributed by atoms with Crippen LogP contribution < -0.4 is 0 Å². The molecule has 3 N–H and O–H groups in total. The van der Waals surface area contributed by atoms with E-state index in [1.165, 1.54) is 109 Å². The molecule has 0 aliphatic rings. The number of carboxylic acid groups (broad SMARTS) is 3. The Balaban J connectivity index is 4.05. The second kappa shape index (κ2) is 30.1. The monoisotopic (exact) mass is 611 g/mol. The predicted octanol–water partition coefficient (Wildman–Crippen LogP) is 9.78. The highest BCUT2D eigenvalue weighted by atomic mass is 16.4. The highest BCUT2D eigenvalue weighted by Crippen LogP contribution is 2.18. The first kappa shape index (κ1) is 41.1. The standard InChI is InChI=1S/C36H67NO6/c1-2-3-4-5-6-7-8-9-10-11-12-13-14-15-16-17-18-19-20-21-22-23-30-37(31-24-27-34(38)39,32-25-28-35(40)41)33-26-29-36(42)43/h20-21H,2-19,22-33H2,1H3,(H2-,38,39,40,41,42,43)/p+1/b21-20+. The molecule has 0 spiro atoms. The molecule has 0 bridgehead atoms. The van der Waals surface area contributed by atoms with Gasteiger partial charge in [0.05, 0.1) is 45.4 Å². The summed E-state index contributed by atoms with van der Waals surface area (Å²) in [7, 11) is 0. The van der Waals surface area contributed by atoms with E-state index in [0.29, 0.717) is 43.4 Å². The van der Waals surface area contributed by atoms with Crippen molar-refractivity contribution in [3.05, 3.63) is 12.2 Å². The maximum atomic E-state index is 11.1. The fourth-order valence-electron chi connectivity index (χ4n) is 6.14. The molecule has 0 heterocycles. The Morgan fingerprint density at radius 2 is 0.698 bits per heavy atom. The molecule has 0 saturated carbocycles. The number of nitrogens with zero attached hydrogens (tertiary/aromatic N) is 1. The lowest BCUT2D eigenvalue weighted by molar-refractivity contribution is -0.928. The number of hydrogen-bond acceptors (Lipinski definition) is 3. The molecule has 7 heteroatoms. The number of carboxylic acids is 3. The summed E-state index contributed by atoms with van der Waals surface area (Å²) in [6.07, 6.45) is 32.8. The number of hydrogen-bond donors (Lipinski definition) is 3. The van der Waals surface area contributed by atoms with Crippen LogP contribution in [0.5, 0.6) is 0 Å². The molecule has 0 aliphatic heterocycles. The third-order valence-electron chi connectivity index (χ3n) is 8.71. The molecule has 0 atom stereocenters. The second-order valence-corrected chi connectivity index (χ2v) is 12.8. The second-order valence-electron chi connectivity index (χ2n) is 12.8. The average molecular weight is 611 g/mol. The van der Waals surface area contributed by atoms with Gasteiger partial charge >= 0.3 is 17.9 Å². The Morgan fingerprint density at radius 1 is 0.419 bits per heavy atom. The Morgan fingerprint density at radius 3 is 1.02 bits per heavy atom. The van der Waals surface area contributed by atoms with E-state index < -0.39 is 17.9 Å². The van der Waals surface area contributed by atoms with Crippen molar-refractivity contribution in [3.8, 4) is 0 Å². The van der Waals surface area contributed by atoms with E-state index in [2.05, 4.69) is 19.1 Å². The van der Waals surface area contributed by atoms with Gasteiger partial charge in [0.15, 0.2) is 0 Å². The van der Waals surface area contributed by atoms with Gasteiger partial charge in [-0.25, -0.2) is 0 Å². The van der Waals surface area contributed by atoms with Crippen molar-refractivity contribution >= 4 is 17.9 Å². The minimum atomic E-state index is -0.832. The third-order valence-corrected chi connectivity index (χ3v) is 8.71. The van der Waals surface area contributed by atoms with E-state index in [4.69, 9.17) is 15.3 Å². The lowest BCUT2D eigenvalue weighted by atomic mass is 10.0. The molecule has 0 aliphatic carbocycles. The summed E-state index contributed by atoms with van der Waals surface area (Å²) >= 11 is 0. The van der Waals surface area contributed by atoms with Crippen LogP contribution in [0.1, 0.15) is 174 Å². The van der Waals surface area contributed by atoms with Crippen LogP contribution in [0, 0.1) is 0 Å². The van der Waals surface area contributed by atoms with Crippen LogP contribution >= 0.6 is 0 Å². The van der Waals surface area contributed by atoms with Crippen molar-refractivity contribution in [2.75, 3.05) is 26.2 Å². The molecule has 0 amide bonds. The van der Waals surface area contributed by atoms with Crippen LogP contribution in [0.25, 0.3) is 0 Å². The molecule has 0 saturated heterocycles. The minimum Gasteiger partial charge on any atom is -0.481 e. The lowest BCUT2D eigenvalue weighted by Crippen LogP contribution is -2.51. The fourth-order valence-corrected chi connectivity index (χ4v) is 6.14. The summed E-state index contributed by atoms with van der Waals surface area (Å²) in [4.78, 5) is 33.2. The molecule has 0 radical (unpaired) electrons. The van der Waals surface area contributed by atoms with Crippen molar-refractivity contribution in [1.29, 1.82) is 0 Å². The lowest BCUT2D eigenvalue weighted by Gasteiger charge is -2.39. The van der Waals surface area contributed by atoms with E-state index in [1.807, 2.05) is 0 Å². The molecule has 43 heavy (non-hydrogen) atoms. The van der Waals surface area contributed by atoms with Crippen LogP contribution in [0.3, 0.4) is 0 Å². The van der Waals surface area contributed by atoms with Crippen molar-refractivity contribution in [3.63, 3.8) is 0 Å². The van der Waals surface area contributed by atoms with Gasteiger partial charge in [-0.15, -0.1) is 0 Å². The number of allylic oxidation sites excluding steroid dienone is 2. The van der Waals surface area contributed by atoms with Gasteiger partial charge in [-0.05, 0) is 19.3 Å². The van der Waals surface area contributed by atoms with Gasteiger partial charge in [0.1, 0.15) is 0 Å². The van der Waals surface area contributed by atoms with E-state index in [0.717, 1.165) is 25.8 Å². The largest absolute Gasteiger partial charge is 0.481 e. The van der Waals surface area contributed by atoms with Gasteiger partial charge in [-0.2, -0.15) is 0 Å². The van der Waals surface area contributed by atoms with E-state index in [9.17, 15) is 14.4 Å². The first-order valence-corrected chi connectivity index (χ1v) is 18.0. The zero-order valence-corrected chi connectivity index (χ0v) is 27.9. The molecule has 252 valence electrons. The van der Waals surface area contributed by atoms with Gasteiger partial charge < -0.3 is 19.8 Å². The minimum absolute atomic E-state index is 0.0805. The third kappa shape index (κ3) is 29.9. The molecule has 0 aromatic carbocycles. The van der Waals surface area contributed by atoms with Crippen LogP contribution in [-0.2, 0) is 14.4 Å². The number of unbranched alkanes of at least 4 members (excludes halogenated alkanes) is 18. The maximum Gasteiger partial charge on any atom is 0.303 e. The van der Waals surface area contributed by atoms with E-state index in [1.54, 1.807) is 0 Å². The Bertz CT molecular complexity index is 658. The summed E-state index contributed by atoms with van der Waals surface area (Å²) in [5.74, 6) is -2.50. The Kier molecular flexibility index (Phi) is 28.8. The van der Waals surface area contributed by atoms with Gasteiger partial charge in [-0.1, -0.05) is 122 Å². The number of carbonyl (C=O) groups is 3. The smallest absolute Gasteiger partial charge is 0.303 e. The van der Waals surface area contributed by atoms with Gasteiger partial charge in [0.25, 0.3) is 0 Å². The molecule has 0 aromatic rings. The summed E-state index contributed by atoms with van der Waals surface area (Å²) in [5.41, 5.74) is 0. The van der Waals surface area contributed by atoms with Crippen molar-refractivity contribution in [2.24, 2.45) is 0 Å². The first-order chi connectivity index (χ1) is 20.8. The number of quaternary nitrogens is 1. The number of rotatable bonds is 34. The normalized spacial score (nSPS) is 11.8. The molecule has 0 unspecified atom stereocenters. The molecular weight excluding hydrogens is 542 g/mol. The summed E-state index contributed by atoms with van der Waals surface area (Å²) in [6.45, 7) is 5.04. The molecule has 0 rings (SSSR count). The van der Waals surface area contributed by atoms with Crippen LogP contribution in [0.2, 0.25) is 0 Å². The quantitative estimate of drug-likeness (QED) is 0.0380. The van der Waals surface area contributed by atoms with Crippen LogP contribution in [0.4, 0.5) is 0 Å². The summed E-state index contributed by atoms with van der Waals surface area (Å²) in [5, 5.41) is 27.3. The van der Waals surface area contributed by atoms with Crippen LogP contribution in [0.15, 0.2) is 12.2 Å². The van der Waals surface area contributed by atoms with Gasteiger partial charge in [0.2, 0.25) is 0 Å². The molecular formula is C36H68NO6+. The summed E-state index contributed by atoms with van der Waals surface area (Å²) in [6, 6.07) is 0. The van der Waals surface area contributed by atoms with Crippen LogP contribution in [-0.4, -0.2) is 63.9 Å². The predicted molar refractivity (Wildman–Crippen MR) is 177 cm³/mol. The topological polar surface area (TPSA) is 112 Å². The van der Waals surface area contributed by atoms with Crippen molar-refractivity contribution in [1.82, 2.24) is 0 Å². The fraction of sp³-hybridized carbons (Fsp3) is 0.861. The average Bonchev–Trinajstić information content (AvgIpc) is 2.95. The molecule has 0 fully saturated rings. The summed E-state index contributed by atoms with van der Waals surface area (Å²) < 4.78 is 0.612. The van der Waals surface area contributed by atoms with Gasteiger partial charge in [-0.3, -0.25) is 14.4 Å².